The van der Waals surface area contributed by atoms with Crippen molar-refractivity contribution in [2.24, 2.45) is 0 Å². The summed E-state index contributed by atoms with van der Waals surface area (Å²) in [6, 6.07) is 0. The van der Waals surface area contributed by atoms with E-state index in [9.17, 15) is 0 Å². The molecule has 0 rings (SSSR count). The van der Waals surface area contributed by atoms with Crippen LogP contribution >= 0.6 is 8.69 Å². The molecule has 0 bridgehead atoms. The van der Waals surface area contributed by atoms with E-state index < -0.39 is 8.69 Å². The maximum absolute atomic E-state index is 8.46. The zero-order chi connectivity index (χ0) is 6.99. The van der Waals surface area contributed by atoms with E-state index in [-0.39, 0.29) is 0 Å². The van der Waals surface area contributed by atoms with Gasteiger partial charge in [-0.25, -0.2) is 4.57 Å². The molecule has 0 aliphatic heterocycles. The van der Waals surface area contributed by atoms with E-state index in [1.54, 1.807) is 0 Å². The van der Waals surface area contributed by atoms with Gasteiger partial charge in [0, 0.05) is 0 Å². The molecule has 0 aromatic carbocycles. The molecule has 1 N–H and O–H groups in total. The summed E-state index contributed by atoms with van der Waals surface area (Å²) < 4.78 is 8.46. The minimum absolute atomic E-state index is 0.833. The average molecular weight is 134 g/mol. The Morgan fingerprint density at radius 2 is 1.75 bits per heavy atom. The second-order valence-corrected chi connectivity index (χ2v) is 1.61. The van der Waals surface area contributed by atoms with E-state index >= 15 is 0 Å². The van der Waals surface area contributed by atoms with Gasteiger partial charge in [0.05, 0.1) is 0 Å². The van der Waals surface area contributed by atoms with Crippen molar-refractivity contribution in [2.75, 3.05) is 0 Å². The number of hydrogen-bond acceptors (Lipinski definition) is 1. The molecule has 0 saturated carbocycles. The van der Waals surface area contributed by atoms with Crippen molar-refractivity contribution in [3.63, 3.8) is 0 Å². The molecular weight excluding hydrogens is 123 g/mol. The van der Waals surface area contributed by atoms with Gasteiger partial charge < -0.3 is 4.89 Å². The number of hydrogen-bond donors (Lipinski definition) is 1. The topological polar surface area (TPSA) is 37.3 Å². The van der Waals surface area contributed by atoms with Crippen molar-refractivity contribution >= 4 is 8.69 Å². The largest absolute Gasteiger partial charge is 0.324 e. The fourth-order valence-electron chi connectivity index (χ4n) is 0. The van der Waals surface area contributed by atoms with Crippen LogP contribution in [0.5, 0.6) is 0 Å². The Morgan fingerprint density at radius 1 is 1.62 bits per heavy atom. The molecule has 0 aromatic heterocycles. The molecule has 8 heavy (non-hydrogen) atoms. The lowest BCUT2D eigenvalue weighted by atomic mass is 10.3. The van der Waals surface area contributed by atoms with Crippen molar-refractivity contribution in [3.8, 4) is 0 Å². The van der Waals surface area contributed by atoms with Crippen LogP contribution in [0.1, 0.15) is 20.8 Å². The highest BCUT2D eigenvalue weighted by atomic mass is 31.1. The molecule has 0 aliphatic carbocycles. The van der Waals surface area contributed by atoms with E-state index in [4.69, 9.17) is 9.46 Å². The Balaban J connectivity index is 0. The van der Waals surface area contributed by atoms with Gasteiger partial charge in [0.2, 0.25) is 0 Å². The van der Waals surface area contributed by atoms with Crippen LogP contribution in [0.3, 0.4) is 0 Å². The molecule has 0 aromatic rings. The van der Waals surface area contributed by atoms with Gasteiger partial charge in [-0.3, -0.25) is 0 Å². The Labute approximate surface area is 51.5 Å². The van der Waals surface area contributed by atoms with Crippen LogP contribution in [0.4, 0.5) is 0 Å². The quantitative estimate of drug-likeness (QED) is 0.407. The normalized spacial score (nSPS) is 7.00. The van der Waals surface area contributed by atoms with Crippen LogP contribution in [-0.2, 0) is 4.57 Å². The Hall–Kier alpha value is -0.200. The van der Waals surface area contributed by atoms with Gasteiger partial charge in [0.25, 0.3) is 0 Å². The summed E-state index contributed by atoms with van der Waals surface area (Å²) in [7, 11) is -0.833. The molecule has 0 aliphatic rings. The van der Waals surface area contributed by atoms with Crippen molar-refractivity contribution in [3.05, 3.63) is 11.6 Å². The lowest BCUT2D eigenvalue weighted by Crippen LogP contribution is -1.52. The highest BCUT2D eigenvalue weighted by Gasteiger charge is 1.60. The first-order chi connectivity index (χ1) is 3.68. The first kappa shape index (κ1) is 10.7. The van der Waals surface area contributed by atoms with E-state index in [0.717, 1.165) is 0 Å². The molecule has 0 atom stereocenters. The monoisotopic (exact) mass is 134 g/mol. The fourth-order valence-corrected chi connectivity index (χ4v) is 0. The molecular formula is C5H11O2P. The lowest BCUT2D eigenvalue weighted by molar-refractivity contribution is 0.524. The maximum atomic E-state index is 8.46. The number of allylic oxidation sites excluding steroid dienone is 2. The van der Waals surface area contributed by atoms with Crippen molar-refractivity contribution in [1.82, 2.24) is 0 Å². The summed E-state index contributed by atoms with van der Waals surface area (Å²) >= 11 is 0. The Kier molecular flexibility index (Phi) is 13.3. The van der Waals surface area contributed by atoms with Crippen LogP contribution in [0.25, 0.3) is 0 Å². The molecule has 0 heterocycles. The van der Waals surface area contributed by atoms with Crippen molar-refractivity contribution in [1.29, 1.82) is 0 Å². The Bertz CT molecular complexity index is 74.5. The maximum Gasteiger partial charge on any atom is 0.324 e. The summed E-state index contributed by atoms with van der Waals surface area (Å²) in [6.07, 6.45) is 2.08. The molecule has 0 saturated heterocycles. The summed E-state index contributed by atoms with van der Waals surface area (Å²) in [5, 5.41) is 0. The van der Waals surface area contributed by atoms with Crippen molar-refractivity contribution in [2.45, 2.75) is 20.8 Å². The van der Waals surface area contributed by atoms with Crippen LogP contribution in [-0.4, -0.2) is 4.89 Å². The molecule has 0 amide bonds. The predicted octanol–water partition coefficient (Wildman–Crippen LogP) is 2.16. The second-order valence-electron chi connectivity index (χ2n) is 1.45. The van der Waals surface area contributed by atoms with Crippen LogP contribution in [0.15, 0.2) is 11.6 Å². The van der Waals surface area contributed by atoms with Gasteiger partial charge in [-0.15, -0.1) is 0 Å². The summed E-state index contributed by atoms with van der Waals surface area (Å²) in [6.45, 7) is 6.20. The van der Waals surface area contributed by atoms with Gasteiger partial charge in [0.15, 0.2) is 0 Å². The second kappa shape index (κ2) is 9.93. The summed E-state index contributed by atoms with van der Waals surface area (Å²) in [5.74, 6) is 0. The zero-order valence-corrected chi connectivity index (χ0v) is 6.27. The molecule has 0 unspecified atom stereocenters. The molecule has 48 valence electrons. The fraction of sp³-hybridized carbons (Fsp3) is 0.600. The first-order valence-electron chi connectivity index (χ1n) is 2.25. The van der Waals surface area contributed by atoms with Crippen LogP contribution < -0.4 is 0 Å². The van der Waals surface area contributed by atoms with E-state index in [1.165, 1.54) is 5.57 Å². The molecule has 2 nitrogen and oxygen atoms in total. The van der Waals surface area contributed by atoms with Gasteiger partial charge in [0.1, 0.15) is 0 Å². The smallest absolute Gasteiger partial charge is 0.310 e. The summed E-state index contributed by atoms with van der Waals surface area (Å²) in [5.41, 5.74) is 1.38. The van der Waals surface area contributed by atoms with Gasteiger partial charge in [-0.05, 0) is 20.8 Å². The first-order valence-corrected chi connectivity index (χ1v) is 3.01. The standard InChI is InChI=1S/C5H10.HO2P/c1-4-5(2)3;1-3-2/h4H,1-3H3;(H,1,2). The van der Waals surface area contributed by atoms with Crippen molar-refractivity contribution < 1.29 is 9.46 Å². The highest BCUT2D eigenvalue weighted by Crippen LogP contribution is 1.82. The lowest BCUT2D eigenvalue weighted by Gasteiger charge is -1.74. The van der Waals surface area contributed by atoms with E-state index in [2.05, 4.69) is 19.9 Å². The van der Waals surface area contributed by atoms with E-state index in [0.29, 0.717) is 0 Å². The average Bonchev–Trinajstić information content (AvgIpc) is 1.69. The number of rotatable bonds is 0. The van der Waals surface area contributed by atoms with Gasteiger partial charge >= 0.3 is 8.69 Å². The molecule has 0 spiro atoms. The van der Waals surface area contributed by atoms with Crippen LogP contribution in [0.2, 0.25) is 0 Å². The van der Waals surface area contributed by atoms with Gasteiger partial charge in [-0.1, -0.05) is 11.6 Å². The SMILES string of the molecule is CC=C(C)C.O=PO. The zero-order valence-electron chi connectivity index (χ0n) is 5.38. The highest BCUT2D eigenvalue weighted by molar-refractivity contribution is 7.16. The minimum atomic E-state index is -0.833. The molecule has 3 heteroatoms. The molecule has 0 radical (unpaired) electrons. The van der Waals surface area contributed by atoms with Crippen LogP contribution in [0, 0.1) is 0 Å². The van der Waals surface area contributed by atoms with E-state index in [1.807, 2.05) is 6.92 Å². The third-order valence-corrected chi connectivity index (χ3v) is 0.577. The third kappa shape index (κ3) is 41.2. The Morgan fingerprint density at radius 3 is 1.75 bits per heavy atom. The third-order valence-electron chi connectivity index (χ3n) is 0.577. The minimum Gasteiger partial charge on any atom is -0.310 e. The predicted molar refractivity (Wildman–Crippen MR) is 34.9 cm³/mol. The summed E-state index contributed by atoms with van der Waals surface area (Å²) in [4.78, 5) is 6.99. The molecule has 0 fully saturated rings. The van der Waals surface area contributed by atoms with Gasteiger partial charge in [-0.2, -0.15) is 0 Å².